The van der Waals surface area contributed by atoms with Crippen LogP contribution in [0.15, 0.2) is 48.5 Å². The van der Waals surface area contributed by atoms with Crippen LogP contribution in [-0.4, -0.2) is 41.9 Å². The van der Waals surface area contributed by atoms with Crippen LogP contribution in [0.3, 0.4) is 0 Å². The summed E-state index contributed by atoms with van der Waals surface area (Å²) < 4.78 is 0. The molecule has 3 rings (SSSR count). The van der Waals surface area contributed by atoms with Gasteiger partial charge in [-0.1, -0.05) is 36.4 Å². The average Bonchev–Trinajstić information content (AvgIpc) is 2.64. The van der Waals surface area contributed by atoms with E-state index in [0.717, 1.165) is 38.3 Å². The van der Waals surface area contributed by atoms with Crippen molar-refractivity contribution >= 4 is 11.6 Å². The number of non-ortho nitro benzene ring substituents is 1. The zero-order valence-corrected chi connectivity index (χ0v) is 15.0. The molecule has 0 saturated carbocycles. The van der Waals surface area contributed by atoms with Gasteiger partial charge in [-0.3, -0.25) is 14.9 Å². The van der Waals surface area contributed by atoms with Crippen molar-refractivity contribution in [3.05, 3.63) is 75.3 Å². The van der Waals surface area contributed by atoms with Gasteiger partial charge in [0.25, 0.3) is 5.69 Å². The van der Waals surface area contributed by atoms with E-state index in [1.54, 1.807) is 12.1 Å². The molecule has 6 heteroatoms. The summed E-state index contributed by atoms with van der Waals surface area (Å²) in [5, 5.41) is 10.7. The van der Waals surface area contributed by atoms with Crippen molar-refractivity contribution < 1.29 is 14.6 Å². The van der Waals surface area contributed by atoms with Gasteiger partial charge in [0.1, 0.15) is 6.54 Å². The summed E-state index contributed by atoms with van der Waals surface area (Å²) in [5.74, 6) is 0.0915. The largest absolute Gasteiger partial charge is 0.331 e. The van der Waals surface area contributed by atoms with E-state index in [1.165, 1.54) is 28.2 Å². The molecule has 1 aliphatic heterocycles. The summed E-state index contributed by atoms with van der Waals surface area (Å²) >= 11 is 0. The Hall–Kier alpha value is -2.73. The number of nitrogens with zero attached hydrogens (tertiary/aromatic N) is 2. The van der Waals surface area contributed by atoms with E-state index in [9.17, 15) is 14.9 Å². The van der Waals surface area contributed by atoms with Crippen LogP contribution in [0.4, 0.5) is 5.69 Å². The number of aryl methyl sites for hydroxylation is 1. The third-order valence-electron chi connectivity index (χ3n) is 5.03. The normalized spacial score (nSPS) is 15.0. The number of carbonyl (C=O) groups excluding carboxylic acids is 1. The number of piperazine rings is 1. The van der Waals surface area contributed by atoms with Crippen LogP contribution in [0, 0.1) is 17.0 Å². The molecule has 0 bridgehead atoms. The predicted molar refractivity (Wildman–Crippen MR) is 99.0 cm³/mol. The molecule has 2 aromatic carbocycles. The van der Waals surface area contributed by atoms with Crippen LogP contribution in [0.25, 0.3) is 0 Å². The number of hydrogen-bond donors (Lipinski definition) is 1. The molecule has 0 aromatic heterocycles. The van der Waals surface area contributed by atoms with Gasteiger partial charge < -0.3 is 9.80 Å². The number of nitro benzene ring substituents is 1. The fourth-order valence-electron chi connectivity index (χ4n) is 3.35. The van der Waals surface area contributed by atoms with Crippen LogP contribution >= 0.6 is 0 Å². The molecule has 0 atom stereocenters. The molecule has 6 nitrogen and oxygen atoms in total. The van der Waals surface area contributed by atoms with Crippen molar-refractivity contribution in [3.63, 3.8) is 0 Å². The Morgan fingerprint density at radius 3 is 2.38 bits per heavy atom. The van der Waals surface area contributed by atoms with Crippen LogP contribution < -0.4 is 4.90 Å². The maximum Gasteiger partial charge on any atom is 0.269 e. The molecule has 136 valence electrons. The summed E-state index contributed by atoms with van der Waals surface area (Å²) in [6, 6.07) is 14.7. The zero-order valence-electron chi connectivity index (χ0n) is 15.0. The minimum atomic E-state index is -0.429. The Morgan fingerprint density at radius 1 is 1.12 bits per heavy atom. The number of benzene rings is 2. The second-order valence-corrected chi connectivity index (χ2v) is 6.83. The molecule has 1 aliphatic rings. The molecule has 0 aliphatic carbocycles. The highest BCUT2D eigenvalue weighted by atomic mass is 16.6. The van der Waals surface area contributed by atoms with E-state index < -0.39 is 4.92 Å². The van der Waals surface area contributed by atoms with Crippen molar-refractivity contribution in [2.24, 2.45) is 0 Å². The molecule has 2 aromatic rings. The van der Waals surface area contributed by atoms with Crippen LogP contribution in [0.5, 0.6) is 0 Å². The molecule has 1 amide bonds. The summed E-state index contributed by atoms with van der Waals surface area (Å²) in [7, 11) is 0. The number of nitro groups is 1. The zero-order chi connectivity index (χ0) is 18.5. The predicted octanol–water partition coefficient (Wildman–Crippen LogP) is 1.37. The van der Waals surface area contributed by atoms with Crippen molar-refractivity contribution in [1.29, 1.82) is 0 Å². The summed E-state index contributed by atoms with van der Waals surface area (Å²) in [5.41, 5.74) is 3.55. The van der Waals surface area contributed by atoms with Crippen LogP contribution in [0.2, 0.25) is 0 Å². The van der Waals surface area contributed by atoms with Crippen molar-refractivity contribution in [1.82, 2.24) is 4.90 Å². The van der Waals surface area contributed by atoms with Crippen molar-refractivity contribution in [2.45, 2.75) is 19.9 Å². The molecular weight excluding hydrogens is 330 g/mol. The van der Waals surface area contributed by atoms with Gasteiger partial charge in [-0.2, -0.15) is 0 Å². The van der Waals surface area contributed by atoms with Crippen LogP contribution in [0.1, 0.15) is 16.7 Å². The Labute approximate surface area is 153 Å². The molecular formula is C20H24N3O3+. The molecule has 1 heterocycles. The fraction of sp³-hybridized carbons (Fsp3) is 0.350. The maximum absolute atomic E-state index is 12.5. The first-order valence-electron chi connectivity index (χ1n) is 8.92. The number of hydrogen-bond acceptors (Lipinski definition) is 3. The molecule has 1 fully saturated rings. The lowest BCUT2D eigenvalue weighted by atomic mass is 10.1. The monoisotopic (exact) mass is 354 g/mol. The lowest BCUT2D eigenvalue weighted by molar-refractivity contribution is -0.917. The third kappa shape index (κ3) is 4.46. The Bertz CT molecular complexity index is 781. The number of quaternary nitrogens is 1. The molecule has 1 saturated heterocycles. The first-order valence-corrected chi connectivity index (χ1v) is 8.92. The second kappa shape index (κ2) is 8.10. The van der Waals surface area contributed by atoms with Crippen molar-refractivity contribution in [2.75, 3.05) is 26.2 Å². The van der Waals surface area contributed by atoms with E-state index in [2.05, 4.69) is 31.2 Å². The van der Waals surface area contributed by atoms with Gasteiger partial charge in [0.05, 0.1) is 37.5 Å². The first-order chi connectivity index (χ1) is 12.5. The molecule has 0 spiro atoms. The highest BCUT2D eigenvalue weighted by Crippen LogP contribution is 2.13. The van der Waals surface area contributed by atoms with Gasteiger partial charge in [0.15, 0.2) is 0 Å². The standard InChI is InChI=1S/C20H23N3O3/c1-16-4-2-3-5-18(16)15-21-10-12-22(13-11-21)20(24)14-17-6-8-19(9-7-17)23(25)26/h2-9H,10-15H2,1H3/p+1. The van der Waals surface area contributed by atoms with Gasteiger partial charge in [-0.05, 0) is 18.1 Å². The SMILES string of the molecule is Cc1ccccc1C[NH+]1CCN(C(=O)Cc2ccc([N+](=O)[O-])cc2)CC1. The number of amides is 1. The molecule has 26 heavy (non-hydrogen) atoms. The summed E-state index contributed by atoms with van der Waals surface area (Å²) in [4.78, 5) is 26.2. The quantitative estimate of drug-likeness (QED) is 0.651. The molecule has 0 unspecified atom stereocenters. The Balaban J connectivity index is 1.50. The van der Waals surface area contributed by atoms with Crippen LogP contribution in [-0.2, 0) is 17.8 Å². The lowest BCUT2D eigenvalue weighted by Gasteiger charge is -2.32. The highest BCUT2D eigenvalue weighted by Gasteiger charge is 2.24. The number of rotatable bonds is 5. The number of carbonyl (C=O) groups is 1. The van der Waals surface area contributed by atoms with Gasteiger partial charge in [0, 0.05) is 17.7 Å². The minimum absolute atomic E-state index is 0.0506. The highest BCUT2D eigenvalue weighted by molar-refractivity contribution is 5.78. The second-order valence-electron chi connectivity index (χ2n) is 6.83. The van der Waals surface area contributed by atoms with E-state index >= 15 is 0 Å². The van der Waals surface area contributed by atoms with Gasteiger partial charge in [-0.25, -0.2) is 0 Å². The average molecular weight is 354 g/mol. The van der Waals surface area contributed by atoms with E-state index in [1.807, 2.05) is 4.90 Å². The van der Waals surface area contributed by atoms with Gasteiger partial charge >= 0.3 is 0 Å². The smallest absolute Gasteiger partial charge is 0.269 e. The molecule has 0 radical (unpaired) electrons. The molecule has 1 N–H and O–H groups in total. The van der Waals surface area contributed by atoms with E-state index in [-0.39, 0.29) is 11.6 Å². The topological polar surface area (TPSA) is 67.9 Å². The van der Waals surface area contributed by atoms with Gasteiger partial charge in [0.2, 0.25) is 5.91 Å². The summed E-state index contributed by atoms with van der Waals surface area (Å²) in [6.07, 6.45) is 0.297. The third-order valence-corrected chi connectivity index (χ3v) is 5.03. The summed E-state index contributed by atoms with van der Waals surface area (Å²) in [6.45, 7) is 6.54. The lowest BCUT2D eigenvalue weighted by Crippen LogP contribution is -3.13. The van der Waals surface area contributed by atoms with E-state index in [0.29, 0.717) is 6.42 Å². The minimum Gasteiger partial charge on any atom is -0.331 e. The van der Waals surface area contributed by atoms with E-state index in [4.69, 9.17) is 0 Å². The Kier molecular flexibility index (Phi) is 5.63. The fourth-order valence-corrected chi connectivity index (χ4v) is 3.35. The van der Waals surface area contributed by atoms with Gasteiger partial charge in [-0.15, -0.1) is 0 Å². The number of nitrogens with one attached hydrogen (secondary N) is 1. The Morgan fingerprint density at radius 2 is 1.77 bits per heavy atom. The first kappa shape index (κ1) is 18.1. The van der Waals surface area contributed by atoms with Crippen molar-refractivity contribution in [3.8, 4) is 0 Å². The maximum atomic E-state index is 12.5.